The van der Waals surface area contributed by atoms with E-state index in [0.717, 1.165) is 29.8 Å². The zero-order valence-corrected chi connectivity index (χ0v) is 20.6. The summed E-state index contributed by atoms with van der Waals surface area (Å²) in [6.07, 6.45) is 6.01. The molecule has 2 unspecified atom stereocenters. The minimum atomic E-state index is -1.22. The first-order valence-corrected chi connectivity index (χ1v) is 12.1. The molecule has 4 aromatic rings. The number of imidazole rings is 1. The fourth-order valence-corrected chi connectivity index (χ4v) is 4.64. The van der Waals surface area contributed by atoms with Gasteiger partial charge in [-0.3, -0.25) is 13.9 Å². The monoisotopic (exact) mass is 488 g/mol. The summed E-state index contributed by atoms with van der Waals surface area (Å²) in [5.41, 5.74) is 3.08. The fraction of sp³-hybridized carbons (Fsp3) is 0.321. The van der Waals surface area contributed by atoms with E-state index in [2.05, 4.69) is 4.98 Å². The first-order chi connectivity index (χ1) is 17.2. The summed E-state index contributed by atoms with van der Waals surface area (Å²) >= 11 is 0. The Labute approximate surface area is 208 Å². The van der Waals surface area contributed by atoms with Crippen molar-refractivity contribution in [2.24, 2.45) is 5.92 Å². The van der Waals surface area contributed by atoms with Crippen LogP contribution in [0.25, 0.3) is 5.69 Å². The van der Waals surface area contributed by atoms with Gasteiger partial charge in [0.2, 0.25) is 0 Å². The molecule has 0 radical (unpaired) electrons. The molecule has 0 saturated heterocycles. The van der Waals surface area contributed by atoms with E-state index in [0.29, 0.717) is 23.6 Å². The van der Waals surface area contributed by atoms with Gasteiger partial charge in [-0.2, -0.15) is 0 Å². The number of hydrogen-bond donors (Lipinski definition) is 1. The number of rotatable bonds is 7. The Bertz CT molecular complexity index is 1530. The molecule has 1 aliphatic rings. The Morgan fingerprint density at radius 1 is 1.06 bits per heavy atom. The van der Waals surface area contributed by atoms with Crippen LogP contribution in [0.2, 0.25) is 0 Å². The largest absolute Gasteiger partial charge is 0.383 e. The maximum absolute atomic E-state index is 13.6. The Morgan fingerprint density at radius 3 is 2.36 bits per heavy atom. The Hall–Kier alpha value is -3.78. The smallest absolute Gasteiger partial charge is 0.331 e. The highest BCUT2D eigenvalue weighted by molar-refractivity contribution is 5.45. The molecule has 7 nitrogen and oxygen atoms in total. The molecule has 2 aromatic heterocycles. The van der Waals surface area contributed by atoms with Gasteiger partial charge < -0.3 is 9.67 Å². The summed E-state index contributed by atoms with van der Waals surface area (Å²) in [5, 5.41) is 11.3. The molecule has 1 fully saturated rings. The van der Waals surface area contributed by atoms with Crippen molar-refractivity contribution >= 4 is 0 Å². The molecule has 1 N–H and O–H groups in total. The summed E-state index contributed by atoms with van der Waals surface area (Å²) < 4.78 is 18.1. The lowest BCUT2D eigenvalue weighted by atomic mass is 10.0. The Kier molecular flexibility index (Phi) is 6.22. The topological polar surface area (TPSA) is 82.0 Å². The molecule has 36 heavy (non-hydrogen) atoms. The SMILES string of the molecule is Cc1cn(-c2ccc(C(O)c3cn(CC4CC4)c(=O)n(C(C)c4ccc(F)cc4)c3=O)cc2C)cn1. The molecule has 8 heteroatoms. The van der Waals surface area contributed by atoms with Crippen LogP contribution < -0.4 is 11.2 Å². The predicted molar refractivity (Wildman–Crippen MR) is 135 cm³/mol. The van der Waals surface area contributed by atoms with E-state index in [1.165, 1.54) is 27.5 Å². The van der Waals surface area contributed by atoms with Crippen molar-refractivity contribution in [3.8, 4) is 5.69 Å². The van der Waals surface area contributed by atoms with Crippen LogP contribution in [0.1, 0.15) is 59.9 Å². The second kappa shape index (κ2) is 9.35. The average Bonchev–Trinajstić information content (AvgIpc) is 3.58. The first-order valence-electron chi connectivity index (χ1n) is 12.1. The van der Waals surface area contributed by atoms with Crippen LogP contribution in [0.15, 0.2) is 70.8 Å². The van der Waals surface area contributed by atoms with Gasteiger partial charge in [0, 0.05) is 24.6 Å². The quantitative estimate of drug-likeness (QED) is 0.426. The number of aliphatic hydroxyl groups excluding tert-OH is 1. The first kappa shape index (κ1) is 23.9. The summed E-state index contributed by atoms with van der Waals surface area (Å²) in [6, 6.07) is 10.6. The maximum Gasteiger partial charge on any atom is 0.331 e. The third-order valence-corrected chi connectivity index (χ3v) is 6.93. The molecule has 186 valence electrons. The molecule has 2 heterocycles. The van der Waals surface area contributed by atoms with E-state index in [-0.39, 0.29) is 5.56 Å². The lowest BCUT2D eigenvalue weighted by molar-refractivity contribution is 0.215. The number of nitrogens with zero attached hydrogens (tertiary/aromatic N) is 4. The van der Waals surface area contributed by atoms with Crippen molar-refractivity contribution in [3.63, 3.8) is 0 Å². The summed E-state index contributed by atoms with van der Waals surface area (Å²) in [4.78, 5) is 31.3. The zero-order valence-electron chi connectivity index (χ0n) is 20.6. The third-order valence-electron chi connectivity index (χ3n) is 6.93. The maximum atomic E-state index is 13.6. The molecule has 1 saturated carbocycles. The minimum Gasteiger partial charge on any atom is -0.383 e. The van der Waals surface area contributed by atoms with Gasteiger partial charge in [-0.1, -0.05) is 24.3 Å². The van der Waals surface area contributed by atoms with Gasteiger partial charge >= 0.3 is 5.69 Å². The van der Waals surface area contributed by atoms with Crippen molar-refractivity contribution in [1.82, 2.24) is 18.7 Å². The van der Waals surface area contributed by atoms with Crippen LogP contribution in [0.4, 0.5) is 4.39 Å². The van der Waals surface area contributed by atoms with Crippen molar-refractivity contribution in [3.05, 3.63) is 116 Å². The number of halogens is 1. The molecule has 0 aliphatic heterocycles. The molecular weight excluding hydrogens is 459 g/mol. The van der Waals surface area contributed by atoms with E-state index in [4.69, 9.17) is 0 Å². The van der Waals surface area contributed by atoms with Crippen LogP contribution in [-0.2, 0) is 6.54 Å². The molecule has 0 bridgehead atoms. The van der Waals surface area contributed by atoms with Gasteiger partial charge in [0.1, 0.15) is 11.9 Å². The van der Waals surface area contributed by atoms with Crippen LogP contribution in [-0.4, -0.2) is 23.8 Å². The van der Waals surface area contributed by atoms with Crippen molar-refractivity contribution < 1.29 is 9.50 Å². The normalized spacial score (nSPS) is 15.1. The lowest BCUT2D eigenvalue weighted by Gasteiger charge is -2.21. The number of hydrogen-bond acceptors (Lipinski definition) is 4. The average molecular weight is 489 g/mol. The second-order valence-corrected chi connectivity index (χ2v) is 9.74. The molecule has 0 spiro atoms. The van der Waals surface area contributed by atoms with Crippen molar-refractivity contribution in [1.29, 1.82) is 0 Å². The standard InChI is InChI=1S/C28H29FN4O3/c1-17-12-22(8-11-25(17)32-13-18(2)30-16-32)26(34)24-15-31(14-20-4-5-20)28(36)33(27(24)35)19(3)21-6-9-23(29)10-7-21/h6-13,15-16,19-20,26,34H,4-5,14H2,1-3H3. The highest BCUT2D eigenvalue weighted by Crippen LogP contribution is 2.31. The van der Waals surface area contributed by atoms with E-state index < -0.39 is 29.2 Å². The summed E-state index contributed by atoms with van der Waals surface area (Å²) in [7, 11) is 0. The van der Waals surface area contributed by atoms with Crippen LogP contribution in [0, 0.1) is 25.6 Å². The van der Waals surface area contributed by atoms with E-state index in [1.807, 2.05) is 36.7 Å². The van der Waals surface area contributed by atoms with Crippen LogP contribution in [0.5, 0.6) is 0 Å². The molecule has 2 atom stereocenters. The van der Waals surface area contributed by atoms with Gasteiger partial charge in [-0.15, -0.1) is 0 Å². The van der Waals surface area contributed by atoms with Gasteiger partial charge in [0.05, 0.1) is 23.6 Å². The van der Waals surface area contributed by atoms with E-state index in [9.17, 15) is 19.1 Å². The predicted octanol–water partition coefficient (Wildman–Crippen LogP) is 4.05. The van der Waals surface area contributed by atoms with E-state index in [1.54, 1.807) is 31.5 Å². The van der Waals surface area contributed by atoms with Gasteiger partial charge in [-0.05, 0) is 74.4 Å². The Morgan fingerprint density at radius 2 is 1.75 bits per heavy atom. The number of aryl methyl sites for hydroxylation is 2. The van der Waals surface area contributed by atoms with Crippen molar-refractivity contribution in [2.45, 2.75) is 52.3 Å². The molecule has 0 amide bonds. The van der Waals surface area contributed by atoms with Crippen LogP contribution >= 0.6 is 0 Å². The zero-order chi connectivity index (χ0) is 25.6. The molecule has 2 aromatic carbocycles. The summed E-state index contributed by atoms with van der Waals surface area (Å²) in [5.74, 6) is -0.00165. The fourth-order valence-electron chi connectivity index (χ4n) is 4.64. The molecule has 1 aliphatic carbocycles. The van der Waals surface area contributed by atoms with Gasteiger partial charge in [0.25, 0.3) is 5.56 Å². The van der Waals surface area contributed by atoms with E-state index >= 15 is 0 Å². The minimum absolute atomic E-state index is 0.134. The third kappa shape index (κ3) is 4.56. The summed E-state index contributed by atoms with van der Waals surface area (Å²) in [6.45, 7) is 6.08. The van der Waals surface area contributed by atoms with Crippen molar-refractivity contribution in [2.75, 3.05) is 0 Å². The van der Waals surface area contributed by atoms with Gasteiger partial charge in [-0.25, -0.2) is 14.2 Å². The number of benzene rings is 2. The Balaban J connectivity index is 1.58. The lowest BCUT2D eigenvalue weighted by Crippen LogP contribution is -2.44. The molecular formula is C28H29FN4O3. The second-order valence-electron chi connectivity index (χ2n) is 9.74. The highest BCUT2D eigenvalue weighted by atomic mass is 19.1. The molecule has 5 rings (SSSR count). The number of aromatic nitrogens is 4. The van der Waals surface area contributed by atoms with Gasteiger partial charge in [0.15, 0.2) is 0 Å². The van der Waals surface area contributed by atoms with Crippen LogP contribution in [0.3, 0.4) is 0 Å². The highest BCUT2D eigenvalue weighted by Gasteiger charge is 2.27. The number of aliphatic hydroxyl groups is 1.